The molecule has 1 aromatic carbocycles. The number of piperidine rings is 1. The molecule has 1 aliphatic heterocycles. The minimum atomic E-state index is -0.420. The number of hydrogen-bond acceptors (Lipinski definition) is 6. The Morgan fingerprint density at radius 2 is 1.97 bits per heavy atom. The zero-order valence-corrected chi connectivity index (χ0v) is 19.1. The Hall–Kier alpha value is -3.09. The fourth-order valence-electron chi connectivity index (χ4n) is 4.06. The van der Waals surface area contributed by atoms with Gasteiger partial charge in [-0.2, -0.15) is 0 Å². The molecule has 2 heterocycles. The summed E-state index contributed by atoms with van der Waals surface area (Å²) in [6.45, 7) is 9.22. The van der Waals surface area contributed by atoms with Crippen LogP contribution in [-0.2, 0) is 20.7 Å². The van der Waals surface area contributed by atoms with Gasteiger partial charge >= 0.3 is 11.6 Å². The van der Waals surface area contributed by atoms with Crippen molar-refractivity contribution in [2.45, 2.75) is 46.0 Å². The van der Waals surface area contributed by atoms with Crippen LogP contribution in [0.1, 0.15) is 43.7 Å². The Morgan fingerprint density at radius 3 is 2.62 bits per heavy atom. The molecule has 0 radical (unpaired) electrons. The van der Waals surface area contributed by atoms with E-state index < -0.39 is 5.63 Å². The first kappa shape index (κ1) is 23.6. The highest BCUT2D eigenvalue weighted by Crippen LogP contribution is 2.26. The van der Waals surface area contributed by atoms with E-state index in [1.165, 1.54) is 7.11 Å². The van der Waals surface area contributed by atoms with E-state index >= 15 is 0 Å². The monoisotopic (exact) mass is 441 g/mol. The van der Waals surface area contributed by atoms with Gasteiger partial charge in [-0.3, -0.25) is 9.59 Å². The second-order valence-corrected chi connectivity index (χ2v) is 8.50. The van der Waals surface area contributed by atoms with Crippen LogP contribution in [0, 0.1) is 12.8 Å². The average molecular weight is 442 g/mol. The highest BCUT2D eigenvalue weighted by Gasteiger charge is 2.25. The molecule has 1 amide bonds. The Balaban J connectivity index is 1.63. The molecule has 0 unspecified atom stereocenters. The van der Waals surface area contributed by atoms with E-state index in [9.17, 15) is 14.4 Å². The number of carbonyl (C=O) groups excluding carboxylic acids is 2. The van der Waals surface area contributed by atoms with Crippen LogP contribution in [-0.4, -0.2) is 43.6 Å². The largest absolute Gasteiger partial charge is 0.489 e. The van der Waals surface area contributed by atoms with E-state index in [0.717, 1.165) is 29.4 Å². The second kappa shape index (κ2) is 10.5. The summed E-state index contributed by atoms with van der Waals surface area (Å²) in [6.07, 6.45) is 2.55. The number of aryl methyl sites for hydroxylation is 1. The minimum Gasteiger partial charge on any atom is -0.489 e. The summed E-state index contributed by atoms with van der Waals surface area (Å²) in [6, 6.07) is 5.42. The van der Waals surface area contributed by atoms with Gasteiger partial charge in [0.2, 0.25) is 5.91 Å². The van der Waals surface area contributed by atoms with Gasteiger partial charge in [-0.05, 0) is 62.3 Å². The first-order valence-electron chi connectivity index (χ1n) is 11.0. The van der Waals surface area contributed by atoms with Gasteiger partial charge in [0.15, 0.2) is 0 Å². The second-order valence-electron chi connectivity index (χ2n) is 8.50. The fourth-order valence-corrected chi connectivity index (χ4v) is 4.06. The smallest absolute Gasteiger partial charge is 0.339 e. The topological polar surface area (TPSA) is 86.0 Å². The van der Waals surface area contributed by atoms with E-state index in [1.54, 1.807) is 6.07 Å². The molecule has 3 rings (SSSR count). The number of methoxy groups -OCH3 is 1. The van der Waals surface area contributed by atoms with Crippen molar-refractivity contribution in [1.82, 2.24) is 4.90 Å². The Labute approximate surface area is 188 Å². The van der Waals surface area contributed by atoms with Crippen LogP contribution in [0.15, 0.2) is 39.6 Å². The fraction of sp³-hybridized carbons (Fsp3) is 0.480. The van der Waals surface area contributed by atoms with Crippen LogP contribution in [0.5, 0.6) is 5.75 Å². The molecule has 1 fully saturated rings. The molecular formula is C25H31NO6. The van der Waals surface area contributed by atoms with E-state index in [4.69, 9.17) is 13.9 Å². The van der Waals surface area contributed by atoms with E-state index in [-0.39, 0.29) is 24.2 Å². The number of benzene rings is 1. The highest BCUT2D eigenvalue weighted by molar-refractivity contribution is 5.83. The standard InChI is InChI=1S/C25H31NO6/c1-16(2)15-31-19-5-6-20-17(3)21(25(29)32-22(20)14-19)7-8-23(27)26-11-9-18(10-12-26)13-24(28)30-4/h5-6,14,18H,1,7-13,15H2,2-4H3. The maximum Gasteiger partial charge on any atom is 0.339 e. The van der Waals surface area contributed by atoms with Crippen molar-refractivity contribution in [3.05, 3.63) is 51.9 Å². The van der Waals surface area contributed by atoms with E-state index in [1.807, 2.05) is 30.9 Å². The summed E-state index contributed by atoms with van der Waals surface area (Å²) in [5, 5.41) is 0.832. The number of ether oxygens (including phenoxy) is 2. The van der Waals surface area contributed by atoms with Crippen molar-refractivity contribution in [3.63, 3.8) is 0 Å². The molecular weight excluding hydrogens is 410 g/mol. The summed E-state index contributed by atoms with van der Waals surface area (Å²) < 4.78 is 15.9. The van der Waals surface area contributed by atoms with Crippen LogP contribution < -0.4 is 10.4 Å². The van der Waals surface area contributed by atoms with Crippen LogP contribution >= 0.6 is 0 Å². The van der Waals surface area contributed by atoms with Crippen molar-refractivity contribution >= 4 is 22.8 Å². The predicted molar refractivity (Wildman–Crippen MR) is 122 cm³/mol. The average Bonchev–Trinajstić information content (AvgIpc) is 2.77. The van der Waals surface area contributed by atoms with Gasteiger partial charge in [0, 0.05) is 42.9 Å². The zero-order chi connectivity index (χ0) is 23.3. The zero-order valence-electron chi connectivity index (χ0n) is 19.1. The number of amides is 1. The summed E-state index contributed by atoms with van der Waals surface area (Å²) in [5.41, 5.74) is 2.30. The molecule has 7 nitrogen and oxygen atoms in total. The number of likely N-dealkylation sites (tertiary alicyclic amines) is 1. The van der Waals surface area contributed by atoms with Crippen LogP contribution in [0.25, 0.3) is 11.0 Å². The molecule has 0 N–H and O–H groups in total. The van der Waals surface area contributed by atoms with Crippen molar-refractivity contribution in [3.8, 4) is 5.75 Å². The van der Waals surface area contributed by atoms with Gasteiger partial charge in [0.1, 0.15) is 17.9 Å². The van der Waals surface area contributed by atoms with Crippen molar-refractivity contribution in [2.75, 3.05) is 26.8 Å². The van der Waals surface area contributed by atoms with Crippen molar-refractivity contribution in [1.29, 1.82) is 0 Å². The number of esters is 1. The van der Waals surface area contributed by atoms with Gasteiger partial charge in [-0.25, -0.2) is 4.79 Å². The summed E-state index contributed by atoms with van der Waals surface area (Å²) in [7, 11) is 1.39. The van der Waals surface area contributed by atoms with Gasteiger partial charge < -0.3 is 18.8 Å². The van der Waals surface area contributed by atoms with Crippen molar-refractivity contribution < 1.29 is 23.5 Å². The van der Waals surface area contributed by atoms with Crippen LogP contribution in [0.3, 0.4) is 0 Å². The SMILES string of the molecule is C=C(C)COc1ccc2c(C)c(CCC(=O)N3CCC(CC(=O)OC)CC3)c(=O)oc2c1. The maximum atomic E-state index is 12.7. The lowest BCUT2D eigenvalue weighted by Crippen LogP contribution is -2.39. The number of rotatable bonds is 8. The van der Waals surface area contributed by atoms with E-state index in [2.05, 4.69) is 6.58 Å². The molecule has 0 bridgehead atoms. The first-order chi connectivity index (χ1) is 15.3. The summed E-state index contributed by atoms with van der Waals surface area (Å²) in [5.74, 6) is 0.680. The molecule has 1 aromatic heterocycles. The Bertz CT molecular complexity index is 1060. The highest BCUT2D eigenvalue weighted by atomic mass is 16.5. The first-order valence-corrected chi connectivity index (χ1v) is 11.0. The van der Waals surface area contributed by atoms with Crippen molar-refractivity contribution in [2.24, 2.45) is 5.92 Å². The molecule has 0 spiro atoms. The molecule has 172 valence electrons. The lowest BCUT2D eigenvalue weighted by Gasteiger charge is -2.31. The Kier molecular flexibility index (Phi) is 7.72. The Morgan fingerprint density at radius 1 is 1.25 bits per heavy atom. The number of nitrogens with zero attached hydrogens (tertiary/aromatic N) is 1. The summed E-state index contributed by atoms with van der Waals surface area (Å²) >= 11 is 0. The predicted octanol–water partition coefficient (Wildman–Crippen LogP) is 3.79. The lowest BCUT2D eigenvalue weighted by atomic mass is 9.93. The molecule has 0 atom stereocenters. The molecule has 0 saturated carbocycles. The van der Waals surface area contributed by atoms with Gasteiger partial charge in [-0.1, -0.05) is 6.58 Å². The van der Waals surface area contributed by atoms with Crippen LogP contribution in [0.2, 0.25) is 0 Å². The number of carbonyl (C=O) groups is 2. The normalized spacial score (nSPS) is 14.4. The maximum absolute atomic E-state index is 12.7. The van der Waals surface area contributed by atoms with Gasteiger partial charge in [-0.15, -0.1) is 0 Å². The molecule has 2 aromatic rings. The van der Waals surface area contributed by atoms with E-state index in [0.29, 0.717) is 49.4 Å². The third kappa shape index (κ3) is 5.78. The number of hydrogen-bond donors (Lipinski definition) is 0. The third-order valence-electron chi connectivity index (χ3n) is 5.98. The third-order valence-corrected chi connectivity index (χ3v) is 5.98. The molecule has 0 aliphatic carbocycles. The molecule has 1 aliphatic rings. The quantitative estimate of drug-likeness (QED) is 0.352. The lowest BCUT2D eigenvalue weighted by molar-refractivity contribution is -0.142. The van der Waals surface area contributed by atoms with Crippen LogP contribution in [0.4, 0.5) is 0 Å². The minimum absolute atomic E-state index is 0.0176. The summed E-state index contributed by atoms with van der Waals surface area (Å²) in [4.78, 5) is 38.6. The molecule has 32 heavy (non-hydrogen) atoms. The number of fused-ring (bicyclic) bond motifs is 1. The van der Waals surface area contributed by atoms with Gasteiger partial charge in [0.05, 0.1) is 7.11 Å². The molecule has 1 saturated heterocycles. The molecule has 7 heteroatoms. The van der Waals surface area contributed by atoms with Gasteiger partial charge in [0.25, 0.3) is 0 Å².